The molecule has 0 saturated heterocycles. The van der Waals surface area contributed by atoms with E-state index in [1.54, 1.807) is 0 Å². The zero-order chi connectivity index (χ0) is 10.1. The minimum atomic E-state index is -3.60. The van der Waals surface area contributed by atoms with E-state index in [0.29, 0.717) is 4.47 Å². The van der Waals surface area contributed by atoms with Gasteiger partial charge in [0, 0.05) is 10.5 Å². The molecule has 0 aliphatic rings. The molecule has 0 atom stereocenters. The van der Waals surface area contributed by atoms with E-state index in [1.807, 2.05) is 0 Å². The van der Waals surface area contributed by atoms with Crippen molar-refractivity contribution in [3.63, 3.8) is 0 Å². The van der Waals surface area contributed by atoms with Gasteiger partial charge in [-0.3, -0.25) is 0 Å². The van der Waals surface area contributed by atoms with Crippen molar-refractivity contribution in [1.82, 2.24) is 0 Å². The van der Waals surface area contributed by atoms with Crippen molar-refractivity contribution in [2.75, 3.05) is 6.26 Å². The van der Waals surface area contributed by atoms with E-state index < -0.39 is 15.9 Å². The lowest BCUT2D eigenvalue weighted by molar-refractivity contribution is 0.489. The van der Waals surface area contributed by atoms with Crippen LogP contribution in [0.5, 0.6) is 5.75 Å². The van der Waals surface area contributed by atoms with Gasteiger partial charge >= 0.3 is 10.1 Å². The van der Waals surface area contributed by atoms with Crippen LogP contribution < -0.4 is 4.18 Å². The molecule has 0 amide bonds. The molecule has 0 N–H and O–H groups in total. The smallest absolute Gasteiger partial charge is 0.306 e. The third-order valence-corrected chi connectivity index (χ3v) is 2.04. The molecular weight excluding hydrogens is 263 g/mol. The molecule has 1 aromatic carbocycles. The van der Waals surface area contributed by atoms with E-state index in [4.69, 9.17) is 0 Å². The maximum absolute atomic E-state index is 12.7. The van der Waals surface area contributed by atoms with Gasteiger partial charge in [0.15, 0.2) is 0 Å². The van der Waals surface area contributed by atoms with Gasteiger partial charge in [-0.25, -0.2) is 4.39 Å². The van der Waals surface area contributed by atoms with Crippen LogP contribution in [0.1, 0.15) is 0 Å². The molecule has 13 heavy (non-hydrogen) atoms. The highest BCUT2D eigenvalue weighted by atomic mass is 79.9. The zero-order valence-corrected chi connectivity index (χ0v) is 9.02. The molecule has 0 aromatic heterocycles. The Morgan fingerprint density at radius 1 is 1.38 bits per heavy atom. The first-order chi connectivity index (χ1) is 5.87. The Morgan fingerprint density at radius 3 is 2.46 bits per heavy atom. The highest BCUT2D eigenvalue weighted by molar-refractivity contribution is 9.10. The Balaban J connectivity index is 3.03. The van der Waals surface area contributed by atoms with Crippen LogP contribution in [0.4, 0.5) is 4.39 Å². The Labute approximate surface area is 83.8 Å². The van der Waals surface area contributed by atoms with Crippen molar-refractivity contribution in [1.29, 1.82) is 0 Å². The third-order valence-electron chi connectivity index (χ3n) is 1.08. The van der Waals surface area contributed by atoms with E-state index in [0.717, 1.165) is 12.3 Å². The number of rotatable bonds is 2. The highest BCUT2D eigenvalue weighted by Gasteiger charge is 2.06. The fraction of sp³-hybridized carbons (Fsp3) is 0.143. The number of hydrogen-bond donors (Lipinski definition) is 0. The Hall–Kier alpha value is -0.620. The van der Waals surface area contributed by atoms with Crippen molar-refractivity contribution in [2.24, 2.45) is 0 Å². The lowest BCUT2D eigenvalue weighted by Crippen LogP contribution is -2.05. The van der Waals surface area contributed by atoms with Crippen molar-refractivity contribution < 1.29 is 17.0 Å². The van der Waals surface area contributed by atoms with Crippen LogP contribution in [0.15, 0.2) is 22.7 Å². The predicted molar refractivity (Wildman–Crippen MR) is 49.6 cm³/mol. The van der Waals surface area contributed by atoms with E-state index in [1.165, 1.54) is 12.1 Å². The minimum absolute atomic E-state index is 0.0469. The standard InChI is InChI=1S/C7H6BrFO3S/c1-13(10,11)12-7-3-5(8)2-6(9)4-7/h2-4H,1H3. The third kappa shape index (κ3) is 3.73. The summed E-state index contributed by atoms with van der Waals surface area (Å²) in [7, 11) is -3.60. The van der Waals surface area contributed by atoms with Gasteiger partial charge in [-0.1, -0.05) is 15.9 Å². The molecule has 0 aliphatic heterocycles. The molecule has 1 rings (SSSR count). The van der Waals surface area contributed by atoms with Crippen LogP contribution in [-0.4, -0.2) is 14.7 Å². The van der Waals surface area contributed by atoms with Gasteiger partial charge in [-0.15, -0.1) is 0 Å². The molecular formula is C7H6BrFO3S. The first kappa shape index (κ1) is 10.5. The monoisotopic (exact) mass is 268 g/mol. The summed E-state index contributed by atoms with van der Waals surface area (Å²) in [5.74, 6) is -0.609. The summed E-state index contributed by atoms with van der Waals surface area (Å²) in [6, 6.07) is 3.56. The summed E-state index contributed by atoms with van der Waals surface area (Å²) in [6.45, 7) is 0. The molecule has 1 aromatic rings. The average molecular weight is 269 g/mol. The van der Waals surface area contributed by atoms with Gasteiger partial charge < -0.3 is 4.18 Å². The second-order valence-electron chi connectivity index (χ2n) is 2.39. The summed E-state index contributed by atoms with van der Waals surface area (Å²) < 4.78 is 38.9. The maximum Gasteiger partial charge on any atom is 0.306 e. The molecule has 0 heterocycles. The van der Waals surface area contributed by atoms with E-state index in [-0.39, 0.29) is 5.75 Å². The first-order valence-electron chi connectivity index (χ1n) is 3.22. The molecule has 0 unspecified atom stereocenters. The van der Waals surface area contributed by atoms with Crippen LogP contribution in [-0.2, 0) is 10.1 Å². The van der Waals surface area contributed by atoms with Crippen LogP contribution in [0.25, 0.3) is 0 Å². The minimum Gasteiger partial charge on any atom is -0.382 e. The van der Waals surface area contributed by atoms with Gasteiger partial charge in [0.1, 0.15) is 11.6 Å². The van der Waals surface area contributed by atoms with Crippen molar-refractivity contribution in [3.8, 4) is 5.75 Å². The quantitative estimate of drug-likeness (QED) is 0.770. The van der Waals surface area contributed by atoms with E-state index in [9.17, 15) is 12.8 Å². The van der Waals surface area contributed by atoms with Crippen molar-refractivity contribution in [2.45, 2.75) is 0 Å². The summed E-state index contributed by atoms with van der Waals surface area (Å²) in [6.07, 6.45) is 0.895. The summed E-state index contributed by atoms with van der Waals surface area (Å²) in [5.41, 5.74) is 0. The normalized spacial score (nSPS) is 11.3. The predicted octanol–water partition coefficient (Wildman–Crippen LogP) is 1.93. The summed E-state index contributed by atoms with van der Waals surface area (Å²) in [4.78, 5) is 0. The van der Waals surface area contributed by atoms with Crippen LogP contribution >= 0.6 is 15.9 Å². The lowest BCUT2D eigenvalue weighted by Gasteiger charge is -2.02. The SMILES string of the molecule is CS(=O)(=O)Oc1cc(F)cc(Br)c1. The maximum atomic E-state index is 12.7. The Bertz CT molecular complexity index is 395. The number of benzene rings is 1. The lowest BCUT2D eigenvalue weighted by atomic mass is 10.3. The van der Waals surface area contributed by atoms with E-state index >= 15 is 0 Å². The fourth-order valence-electron chi connectivity index (χ4n) is 0.751. The van der Waals surface area contributed by atoms with Gasteiger partial charge in [-0.05, 0) is 12.1 Å². The van der Waals surface area contributed by atoms with E-state index in [2.05, 4.69) is 20.1 Å². The second kappa shape index (κ2) is 3.63. The molecule has 0 spiro atoms. The Kier molecular flexibility index (Phi) is 2.92. The van der Waals surface area contributed by atoms with Crippen molar-refractivity contribution in [3.05, 3.63) is 28.5 Å². The van der Waals surface area contributed by atoms with Crippen LogP contribution in [0.2, 0.25) is 0 Å². The molecule has 6 heteroatoms. The number of halogens is 2. The average Bonchev–Trinajstić information content (AvgIpc) is 1.78. The van der Waals surface area contributed by atoms with Crippen LogP contribution in [0, 0.1) is 5.82 Å². The largest absolute Gasteiger partial charge is 0.382 e. The molecule has 0 fully saturated rings. The highest BCUT2D eigenvalue weighted by Crippen LogP contribution is 2.21. The van der Waals surface area contributed by atoms with Gasteiger partial charge in [0.05, 0.1) is 6.26 Å². The molecule has 0 radical (unpaired) electrons. The Morgan fingerprint density at radius 2 is 2.00 bits per heavy atom. The van der Waals surface area contributed by atoms with Gasteiger partial charge in [0.2, 0.25) is 0 Å². The topological polar surface area (TPSA) is 43.4 Å². The molecule has 0 bridgehead atoms. The van der Waals surface area contributed by atoms with Crippen LogP contribution in [0.3, 0.4) is 0 Å². The molecule has 72 valence electrons. The summed E-state index contributed by atoms with van der Waals surface area (Å²) in [5, 5.41) is 0. The fourth-order valence-corrected chi connectivity index (χ4v) is 1.64. The van der Waals surface area contributed by atoms with Crippen molar-refractivity contribution >= 4 is 26.0 Å². The zero-order valence-electron chi connectivity index (χ0n) is 6.62. The molecule has 3 nitrogen and oxygen atoms in total. The molecule has 0 saturated carbocycles. The van der Waals surface area contributed by atoms with Gasteiger partial charge in [0.25, 0.3) is 0 Å². The first-order valence-corrected chi connectivity index (χ1v) is 5.83. The van der Waals surface area contributed by atoms with Gasteiger partial charge in [-0.2, -0.15) is 8.42 Å². The number of hydrogen-bond acceptors (Lipinski definition) is 3. The second-order valence-corrected chi connectivity index (χ2v) is 4.88. The summed E-state index contributed by atoms with van der Waals surface area (Å²) >= 11 is 3.01. The molecule has 0 aliphatic carbocycles.